The maximum absolute atomic E-state index is 12.5. The van der Waals surface area contributed by atoms with E-state index in [1.54, 1.807) is 12.4 Å². The van der Waals surface area contributed by atoms with E-state index < -0.39 is 0 Å². The average Bonchev–Trinajstić information content (AvgIpc) is 3.37. The minimum Gasteiger partial charge on any atom is -0.484 e. The number of amides is 1. The van der Waals surface area contributed by atoms with Crippen LogP contribution in [0.15, 0.2) is 59.4 Å². The molecule has 30 heavy (non-hydrogen) atoms. The van der Waals surface area contributed by atoms with Crippen molar-refractivity contribution in [1.82, 2.24) is 24.9 Å². The van der Waals surface area contributed by atoms with E-state index in [2.05, 4.69) is 27.1 Å². The molecule has 2 aliphatic rings. The number of para-hydroxylation sites is 1. The lowest BCUT2D eigenvalue weighted by Crippen LogP contribution is -2.60. The second kappa shape index (κ2) is 7.53. The van der Waals surface area contributed by atoms with E-state index in [0.29, 0.717) is 17.5 Å². The van der Waals surface area contributed by atoms with Gasteiger partial charge in [-0.3, -0.25) is 14.7 Å². The van der Waals surface area contributed by atoms with Crippen molar-refractivity contribution in [3.63, 3.8) is 0 Å². The van der Waals surface area contributed by atoms with Crippen molar-refractivity contribution in [3.05, 3.63) is 60.7 Å². The lowest BCUT2D eigenvalue weighted by atomic mass is 9.77. The van der Waals surface area contributed by atoms with Crippen molar-refractivity contribution in [3.8, 4) is 17.1 Å². The zero-order chi connectivity index (χ0) is 20.6. The molecule has 1 atom stereocenters. The molecule has 3 aromatic rings. The third-order valence-corrected chi connectivity index (χ3v) is 5.92. The van der Waals surface area contributed by atoms with Crippen molar-refractivity contribution in [1.29, 1.82) is 0 Å². The second-order valence-corrected chi connectivity index (χ2v) is 8.18. The lowest BCUT2D eigenvalue weighted by Gasteiger charge is -2.48. The fourth-order valence-corrected chi connectivity index (χ4v) is 4.46. The normalized spacial score (nSPS) is 20.3. The highest BCUT2D eigenvalue weighted by Crippen LogP contribution is 2.47. The highest BCUT2D eigenvalue weighted by molar-refractivity contribution is 5.78. The highest BCUT2D eigenvalue weighted by atomic mass is 16.5. The van der Waals surface area contributed by atoms with Crippen molar-refractivity contribution in [2.75, 3.05) is 33.3 Å². The largest absolute Gasteiger partial charge is 0.484 e. The Morgan fingerprint density at radius 3 is 2.70 bits per heavy atom. The first-order valence-electron chi connectivity index (χ1n) is 10.0. The average molecular weight is 405 g/mol. The number of hydrogen-bond acceptors (Lipinski definition) is 7. The maximum Gasteiger partial charge on any atom is 0.260 e. The van der Waals surface area contributed by atoms with Gasteiger partial charge in [0.1, 0.15) is 5.75 Å². The Balaban J connectivity index is 1.19. The predicted molar refractivity (Wildman–Crippen MR) is 108 cm³/mol. The Hall–Kier alpha value is -3.26. The van der Waals surface area contributed by atoms with Gasteiger partial charge in [0, 0.05) is 43.0 Å². The minimum absolute atomic E-state index is 0.0216. The van der Waals surface area contributed by atoms with Crippen LogP contribution in [0.25, 0.3) is 11.4 Å². The highest BCUT2D eigenvalue weighted by Gasteiger charge is 2.53. The standard InChI is InChI=1S/C22H23N5O3/c1-26-13-22(14-27(15-22)19(28)12-29-17-5-3-2-4-6-17)11-18(26)21-24-20(25-30-21)16-7-9-23-10-8-16/h2-10,18H,11-15H2,1H3. The SMILES string of the molecule is CN1CC2(CC1c1nc(-c3ccncc3)no1)CN(C(=O)COc1ccccc1)C2. The van der Waals surface area contributed by atoms with E-state index in [9.17, 15) is 4.79 Å². The van der Waals surface area contributed by atoms with E-state index in [0.717, 1.165) is 31.6 Å². The Morgan fingerprint density at radius 1 is 1.17 bits per heavy atom. The summed E-state index contributed by atoms with van der Waals surface area (Å²) < 4.78 is 11.2. The van der Waals surface area contributed by atoms with E-state index >= 15 is 0 Å². The fraction of sp³-hybridized carbons (Fsp3) is 0.364. The van der Waals surface area contributed by atoms with Crippen molar-refractivity contribution < 1.29 is 14.1 Å². The number of benzene rings is 1. The molecule has 1 aromatic carbocycles. The molecule has 154 valence electrons. The summed E-state index contributed by atoms with van der Waals surface area (Å²) in [5.74, 6) is 1.93. The third kappa shape index (κ3) is 3.54. The lowest BCUT2D eigenvalue weighted by molar-refractivity contribution is -0.144. The van der Waals surface area contributed by atoms with E-state index in [1.807, 2.05) is 47.4 Å². The van der Waals surface area contributed by atoms with E-state index in [1.165, 1.54) is 0 Å². The van der Waals surface area contributed by atoms with E-state index in [-0.39, 0.29) is 24.0 Å². The minimum atomic E-state index is 0.0216. The number of rotatable bonds is 5. The molecule has 0 aliphatic carbocycles. The van der Waals surface area contributed by atoms with Gasteiger partial charge in [-0.2, -0.15) is 4.98 Å². The summed E-state index contributed by atoms with van der Waals surface area (Å²) in [7, 11) is 2.07. The summed E-state index contributed by atoms with van der Waals surface area (Å²) >= 11 is 0. The molecule has 1 unspecified atom stereocenters. The van der Waals surface area contributed by atoms with Gasteiger partial charge in [-0.1, -0.05) is 23.4 Å². The molecule has 1 amide bonds. The zero-order valence-corrected chi connectivity index (χ0v) is 16.8. The van der Waals surface area contributed by atoms with E-state index in [4.69, 9.17) is 9.26 Å². The number of hydrogen-bond donors (Lipinski definition) is 0. The molecule has 4 heterocycles. The van der Waals surface area contributed by atoms with Gasteiger partial charge in [0.15, 0.2) is 6.61 Å². The Morgan fingerprint density at radius 2 is 1.93 bits per heavy atom. The molecule has 2 fully saturated rings. The summed E-state index contributed by atoms with van der Waals surface area (Å²) in [6.45, 7) is 2.43. The van der Waals surface area contributed by atoms with Crippen molar-refractivity contribution in [2.45, 2.75) is 12.5 Å². The van der Waals surface area contributed by atoms with Gasteiger partial charge < -0.3 is 14.2 Å². The maximum atomic E-state index is 12.5. The predicted octanol–water partition coefficient (Wildman–Crippen LogP) is 2.42. The molecule has 0 radical (unpaired) electrons. The summed E-state index contributed by atoms with van der Waals surface area (Å²) in [6.07, 6.45) is 4.32. The topological polar surface area (TPSA) is 84.6 Å². The molecular weight excluding hydrogens is 382 g/mol. The quantitative estimate of drug-likeness (QED) is 0.644. The first kappa shape index (κ1) is 18.7. The van der Waals surface area contributed by atoms with Crippen LogP contribution in [0.5, 0.6) is 5.75 Å². The van der Waals surface area contributed by atoms with Gasteiger partial charge in [-0.05, 0) is 37.7 Å². The third-order valence-electron chi connectivity index (χ3n) is 5.92. The smallest absolute Gasteiger partial charge is 0.260 e. The van der Waals surface area contributed by atoms with Crippen molar-refractivity contribution in [2.24, 2.45) is 5.41 Å². The van der Waals surface area contributed by atoms with Gasteiger partial charge >= 0.3 is 0 Å². The number of aromatic nitrogens is 3. The molecule has 1 spiro atoms. The van der Waals surface area contributed by atoms with Crippen LogP contribution in [-0.4, -0.2) is 64.1 Å². The van der Waals surface area contributed by atoms with Crippen LogP contribution < -0.4 is 4.74 Å². The fourth-order valence-electron chi connectivity index (χ4n) is 4.46. The first-order chi connectivity index (χ1) is 14.6. The molecule has 5 rings (SSSR count). The number of carbonyl (C=O) groups excluding carboxylic acids is 1. The molecule has 2 saturated heterocycles. The van der Waals surface area contributed by atoms with Crippen LogP contribution in [0.2, 0.25) is 0 Å². The molecular formula is C22H23N5O3. The van der Waals surface area contributed by atoms with Crippen LogP contribution in [0.3, 0.4) is 0 Å². The molecule has 0 saturated carbocycles. The monoisotopic (exact) mass is 405 g/mol. The van der Waals surface area contributed by atoms with Gasteiger partial charge in [0.2, 0.25) is 11.7 Å². The Labute approximate surface area is 174 Å². The summed E-state index contributed by atoms with van der Waals surface area (Å²) in [5, 5.41) is 4.13. The second-order valence-electron chi connectivity index (χ2n) is 8.18. The van der Waals surface area contributed by atoms with Crippen LogP contribution >= 0.6 is 0 Å². The van der Waals surface area contributed by atoms with Gasteiger partial charge in [-0.25, -0.2) is 0 Å². The van der Waals surface area contributed by atoms with Gasteiger partial charge in [0.05, 0.1) is 6.04 Å². The number of pyridine rings is 1. The molecule has 0 bridgehead atoms. The van der Waals surface area contributed by atoms with Gasteiger partial charge in [0.25, 0.3) is 5.91 Å². The number of nitrogens with zero attached hydrogens (tertiary/aromatic N) is 5. The number of carbonyl (C=O) groups is 1. The first-order valence-corrected chi connectivity index (χ1v) is 10.0. The van der Waals surface area contributed by atoms with Crippen LogP contribution in [-0.2, 0) is 4.79 Å². The number of likely N-dealkylation sites (tertiary alicyclic amines) is 2. The van der Waals surface area contributed by atoms with Crippen LogP contribution in [0.1, 0.15) is 18.4 Å². The Kier molecular flexibility index (Phi) is 4.71. The molecule has 8 heteroatoms. The summed E-state index contributed by atoms with van der Waals surface area (Å²) in [5.41, 5.74) is 0.960. The molecule has 0 N–H and O–H groups in total. The summed E-state index contributed by atoms with van der Waals surface area (Å²) in [6, 6.07) is 13.2. The van der Waals surface area contributed by atoms with Crippen LogP contribution in [0.4, 0.5) is 0 Å². The molecule has 8 nitrogen and oxygen atoms in total. The number of ether oxygens (including phenoxy) is 1. The molecule has 2 aliphatic heterocycles. The van der Waals surface area contributed by atoms with Gasteiger partial charge in [-0.15, -0.1) is 0 Å². The van der Waals surface area contributed by atoms with Crippen LogP contribution in [0, 0.1) is 5.41 Å². The Bertz CT molecular complexity index is 1020. The molecule has 2 aromatic heterocycles. The van der Waals surface area contributed by atoms with Crippen molar-refractivity contribution >= 4 is 5.91 Å². The zero-order valence-electron chi connectivity index (χ0n) is 16.8. The summed E-state index contributed by atoms with van der Waals surface area (Å²) in [4.78, 5) is 25.2.